The van der Waals surface area contributed by atoms with E-state index in [1.54, 1.807) is 17.8 Å². The molecular formula is C21H24N4O5. The number of hydrogen-bond acceptors (Lipinski definition) is 7. The normalized spacial score (nSPS) is 11.4. The van der Waals surface area contributed by atoms with E-state index in [-0.39, 0.29) is 29.5 Å². The van der Waals surface area contributed by atoms with E-state index >= 15 is 0 Å². The predicted octanol–water partition coefficient (Wildman–Crippen LogP) is 3.83. The summed E-state index contributed by atoms with van der Waals surface area (Å²) in [6.07, 6.45) is 3.10. The molecule has 0 unspecified atom stereocenters. The number of aryl methyl sites for hydroxylation is 1. The summed E-state index contributed by atoms with van der Waals surface area (Å²) in [4.78, 5) is 14.6. The highest BCUT2D eigenvalue weighted by molar-refractivity contribution is 5.99. The number of nitro benzene ring substituents is 1. The van der Waals surface area contributed by atoms with Crippen LogP contribution in [0.3, 0.4) is 0 Å². The van der Waals surface area contributed by atoms with Gasteiger partial charge < -0.3 is 25.3 Å². The fourth-order valence-electron chi connectivity index (χ4n) is 3.28. The number of aromatic hydroxyl groups is 2. The molecule has 4 N–H and O–H groups in total. The van der Waals surface area contributed by atoms with Gasteiger partial charge in [-0.1, -0.05) is 0 Å². The van der Waals surface area contributed by atoms with E-state index in [2.05, 4.69) is 4.99 Å². The molecule has 0 spiro atoms. The monoisotopic (exact) mass is 412 g/mol. The van der Waals surface area contributed by atoms with E-state index in [0.717, 1.165) is 12.1 Å². The van der Waals surface area contributed by atoms with Crippen molar-refractivity contribution in [2.45, 2.75) is 26.4 Å². The molecule has 9 nitrogen and oxygen atoms in total. The second-order valence-electron chi connectivity index (χ2n) is 6.89. The van der Waals surface area contributed by atoms with Gasteiger partial charge in [0.25, 0.3) is 5.69 Å². The van der Waals surface area contributed by atoms with Crippen LogP contribution in [0.2, 0.25) is 0 Å². The van der Waals surface area contributed by atoms with Crippen LogP contribution in [0, 0.1) is 17.0 Å². The average molecular weight is 412 g/mol. The molecule has 0 aliphatic carbocycles. The van der Waals surface area contributed by atoms with E-state index in [9.17, 15) is 20.3 Å². The first kappa shape index (κ1) is 21.1. The average Bonchev–Trinajstić information content (AvgIpc) is 2.98. The molecule has 0 aliphatic heterocycles. The second-order valence-corrected chi connectivity index (χ2v) is 6.89. The maximum Gasteiger partial charge on any atom is 0.269 e. The molecule has 9 heteroatoms. The van der Waals surface area contributed by atoms with Gasteiger partial charge in [0.15, 0.2) is 5.75 Å². The summed E-state index contributed by atoms with van der Waals surface area (Å²) in [5.74, 6) is 0.412. The van der Waals surface area contributed by atoms with E-state index < -0.39 is 4.92 Å². The van der Waals surface area contributed by atoms with E-state index in [4.69, 9.17) is 10.5 Å². The number of ether oxygens (including phenoxy) is 1. The maximum absolute atomic E-state index is 10.9. The molecule has 158 valence electrons. The van der Waals surface area contributed by atoms with Crippen molar-refractivity contribution in [1.29, 1.82) is 0 Å². The highest BCUT2D eigenvalue weighted by atomic mass is 16.6. The molecule has 0 radical (unpaired) electrons. The van der Waals surface area contributed by atoms with Crippen molar-refractivity contribution in [3.8, 4) is 17.2 Å². The predicted molar refractivity (Wildman–Crippen MR) is 115 cm³/mol. The summed E-state index contributed by atoms with van der Waals surface area (Å²) in [6, 6.07) is 7.19. The zero-order valence-corrected chi connectivity index (χ0v) is 16.8. The van der Waals surface area contributed by atoms with E-state index in [1.165, 1.54) is 30.3 Å². The Bertz CT molecular complexity index is 1100. The Balaban J connectivity index is 1.97. The summed E-state index contributed by atoms with van der Waals surface area (Å²) < 4.78 is 7.57. The standard InChI is InChI=1S/C21H24N4O5/c1-13-16(12-30-15-7-5-14(6-8-15)25(28)29)19-20(24(13)2)18(26)11-17(21(19)27)23-10-4-3-9-22/h5-8,10-11,26-27H,3-4,9,12,22H2,1-2H3. The van der Waals surface area contributed by atoms with Gasteiger partial charge in [-0.2, -0.15) is 0 Å². The Morgan fingerprint density at radius 3 is 2.63 bits per heavy atom. The lowest BCUT2D eigenvalue weighted by atomic mass is 10.1. The molecule has 0 fully saturated rings. The van der Waals surface area contributed by atoms with Crippen molar-refractivity contribution >= 4 is 28.5 Å². The number of rotatable bonds is 8. The van der Waals surface area contributed by atoms with Gasteiger partial charge in [0.1, 0.15) is 23.8 Å². The summed E-state index contributed by atoms with van der Waals surface area (Å²) in [5.41, 5.74) is 7.70. The van der Waals surface area contributed by atoms with Crippen LogP contribution in [0.5, 0.6) is 17.2 Å². The summed E-state index contributed by atoms with van der Waals surface area (Å²) >= 11 is 0. The van der Waals surface area contributed by atoms with Gasteiger partial charge in [0, 0.05) is 42.7 Å². The quantitative estimate of drug-likeness (QED) is 0.169. The first-order chi connectivity index (χ1) is 14.3. The molecule has 0 aliphatic rings. The van der Waals surface area contributed by atoms with Crippen LogP contribution >= 0.6 is 0 Å². The van der Waals surface area contributed by atoms with Crippen molar-refractivity contribution in [1.82, 2.24) is 4.57 Å². The Kier molecular flexibility index (Phi) is 6.22. The lowest BCUT2D eigenvalue weighted by molar-refractivity contribution is -0.384. The number of non-ortho nitro benzene ring substituents is 1. The first-order valence-electron chi connectivity index (χ1n) is 9.47. The van der Waals surface area contributed by atoms with Crippen LogP contribution in [-0.4, -0.2) is 32.5 Å². The van der Waals surface area contributed by atoms with Crippen LogP contribution in [0.1, 0.15) is 24.1 Å². The van der Waals surface area contributed by atoms with E-state index in [0.29, 0.717) is 35.2 Å². The number of nitrogens with zero attached hydrogens (tertiary/aromatic N) is 3. The Hall–Kier alpha value is -3.59. The zero-order valence-electron chi connectivity index (χ0n) is 16.8. The molecule has 1 heterocycles. The number of aromatic nitrogens is 1. The van der Waals surface area contributed by atoms with Gasteiger partial charge >= 0.3 is 0 Å². The number of unbranched alkanes of at least 4 members (excludes halogenated alkanes) is 1. The van der Waals surface area contributed by atoms with Crippen LogP contribution in [0.4, 0.5) is 11.4 Å². The number of phenolic OH excluding ortho intramolecular Hbond substituents is 2. The lowest BCUT2D eigenvalue weighted by Crippen LogP contribution is -1.99. The molecule has 30 heavy (non-hydrogen) atoms. The third kappa shape index (κ3) is 4.06. The summed E-state index contributed by atoms with van der Waals surface area (Å²) in [7, 11) is 1.79. The van der Waals surface area contributed by atoms with Crippen LogP contribution < -0.4 is 10.5 Å². The van der Waals surface area contributed by atoms with Gasteiger partial charge in [-0.15, -0.1) is 0 Å². The fourth-order valence-corrected chi connectivity index (χ4v) is 3.28. The van der Waals surface area contributed by atoms with Crippen molar-refractivity contribution in [2.75, 3.05) is 6.54 Å². The number of aliphatic imine (C=N–C) groups is 1. The fraction of sp³-hybridized carbons (Fsp3) is 0.286. The molecule has 0 bridgehead atoms. The van der Waals surface area contributed by atoms with E-state index in [1.807, 2.05) is 6.92 Å². The first-order valence-corrected chi connectivity index (χ1v) is 9.47. The van der Waals surface area contributed by atoms with Crippen LogP contribution in [0.15, 0.2) is 35.3 Å². The second kappa shape index (κ2) is 8.83. The molecule has 3 aromatic rings. The van der Waals surface area contributed by atoms with Gasteiger partial charge in [0.05, 0.1) is 15.8 Å². The van der Waals surface area contributed by atoms with Gasteiger partial charge in [-0.3, -0.25) is 15.1 Å². The molecule has 0 atom stereocenters. The molecule has 3 rings (SSSR count). The molecular weight excluding hydrogens is 388 g/mol. The Labute approximate surface area is 173 Å². The smallest absolute Gasteiger partial charge is 0.269 e. The summed E-state index contributed by atoms with van der Waals surface area (Å²) in [6.45, 7) is 2.51. The third-order valence-corrected chi connectivity index (χ3v) is 5.01. The van der Waals surface area contributed by atoms with Crippen molar-refractivity contribution < 1.29 is 19.9 Å². The highest BCUT2D eigenvalue weighted by Gasteiger charge is 2.21. The minimum absolute atomic E-state index is 0.000890. The van der Waals surface area contributed by atoms with Crippen LogP contribution in [0.25, 0.3) is 10.9 Å². The number of fused-ring (bicyclic) bond motifs is 1. The maximum atomic E-state index is 10.9. The number of phenols is 2. The lowest BCUT2D eigenvalue weighted by Gasteiger charge is -2.08. The van der Waals surface area contributed by atoms with Gasteiger partial charge in [-0.25, -0.2) is 0 Å². The van der Waals surface area contributed by atoms with Crippen molar-refractivity contribution in [2.24, 2.45) is 17.8 Å². The zero-order chi connectivity index (χ0) is 21.8. The minimum Gasteiger partial charge on any atom is -0.506 e. The number of hydrogen-bond donors (Lipinski definition) is 3. The van der Waals surface area contributed by atoms with Gasteiger partial charge in [0.2, 0.25) is 0 Å². The third-order valence-electron chi connectivity index (χ3n) is 5.01. The molecule has 0 amide bonds. The molecule has 0 saturated heterocycles. The Morgan fingerprint density at radius 1 is 1.30 bits per heavy atom. The number of nitrogens with two attached hydrogens (primary N) is 1. The number of benzene rings is 2. The largest absolute Gasteiger partial charge is 0.506 e. The van der Waals surface area contributed by atoms with Crippen molar-refractivity contribution in [3.05, 3.63) is 51.7 Å². The molecule has 0 saturated carbocycles. The van der Waals surface area contributed by atoms with Crippen LogP contribution in [-0.2, 0) is 13.7 Å². The molecule has 1 aromatic heterocycles. The van der Waals surface area contributed by atoms with Gasteiger partial charge in [-0.05, 0) is 38.4 Å². The highest BCUT2D eigenvalue weighted by Crippen LogP contribution is 2.44. The molecule has 2 aromatic carbocycles. The van der Waals surface area contributed by atoms with Crippen molar-refractivity contribution in [3.63, 3.8) is 0 Å². The minimum atomic E-state index is -0.477. The Morgan fingerprint density at radius 2 is 2.00 bits per heavy atom. The summed E-state index contributed by atoms with van der Waals surface area (Å²) in [5, 5.41) is 32.6. The topological polar surface area (TPSA) is 136 Å². The number of nitro groups is 1. The SMILES string of the molecule is Cc1c(COc2ccc([N+](=O)[O-])cc2)c2c(O)c(N=CCCCN)cc(O)c2n1C.